The molecule has 0 radical (unpaired) electrons. The lowest BCUT2D eigenvalue weighted by Gasteiger charge is -2.26. The maximum atomic E-state index is 13.0. The molecule has 2 aromatic carbocycles. The number of nitrogens with one attached hydrogen (secondary N) is 1. The van der Waals surface area contributed by atoms with Crippen molar-refractivity contribution in [2.75, 3.05) is 32.1 Å². The van der Waals surface area contributed by atoms with Crippen molar-refractivity contribution in [3.8, 4) is 5.75 Å². The summed E-state index contributed by atoms with van der Waals surface area (Å²) in [6, 6.07) is 10.7. The molecule has 0 aromatic heterocycles. The van der Waals surface area contributed by atoms with Gasteiger partial charge in [-0.15, -0.1) is 0 Å². The van der Waals surface area contributed by atoms with Crippen LogP contribution < -0.4 is 10.1 Å². The number of amides is 1. The fraction of sp³-hybridized carbons (Fsp3) is 0.364. The lowest BCUT2D eigenvalue weighted by atomic mass is 10.1. The summed E-state index contributed by atoms with van der Waals surface area (Å²) < 4.78 is 37.8. The summed E-state index contributed by atoms with van der Waals surface area (Å²) in [6.45, 7) is 2.81. The first-order valence-electron chi connectivity index (χ1n) is 10.1. The van der Waals surface area contributed by atoms with Gasteiger partial charge in [-0.3, -0.25) is 4.79 Å². The number of esters is 1. The summed E-state index contributed by atoms with van der Waals surface area (Å²) in [5, 5.41) is 2.67. The minimum atomic E-state index is -3.72. The van der Waals surface area contributed by atoms with Crippen LogP contribution in [0.3, 0.4) is 0 Å². The summed E-state index contributed by atoms with van der Waals surface area (Å²) in [5.41, 5.74) is 0.519. The topological polar surface area (TPSA) is 102 Å². The molecule has 2 aromatic rings. The highest BCUT2D eigenvalue weighted by Crippen LogP contribution is 2.27. The number of benzene rings is 2. The van der Waals surface area contributed by atoms with Crippen molar-refractivity contribution in [1.82, 2.24) is 4.31 Å². The Morgan fingerprint density at radius 3 is 2.42 bits per heavy atom. The Morgan fingerprint density at radius 2 is 1.74 bits per heavy atom. The third kappa shape index (κ3) is 5.05. The average molecular weight is 447 g/mol. The molecule has 31 heavy (non-hydrogen) atoms. The van der Waals surface area contributed by atoms with Gasteiger partial charge in [0.1, 0.15) is 5.75 Å². The number of ether oxygens (including phenoxy) is 2. The molecular weight excluding hydrogens is 420 g/mol. The summed E-state index contributed by atoms with van der Waals surface area (Å²) in [5.74, 6) is -0.931. The van der Waals surface area contributed by atoms with Gasteiger partial charge in [0.15, 0.2) is 0 Å². The number of hydrogen-bond acceptors (Lipinski definition) is 6. The van der Waals surface area contributed by atoms with Gasteiger partial charge in [0.25, 0.3) is 5.91 Å². The van der Waals surface area contributed by atoms with E-state index in [1.165, 1.54) is 29.6 Å². The Bertz CT molecular complexity index is 1060. The second kappa shape index (κ2) is 9.93. The lowest BCUT2D eigenvalue weighted by Crippen LogP contribution is -2.35. The van der Waals surface area contributed by atoms with E-state index >= 15 is 0 Å². The zero-order valence-corrected chi connectivity index (χ0v) is 18.4. The first-order chi connectivity index (χ1) is 14.9. The zero-order chi connectivity index (χ0) is 22.4. The first-order valence-corrected chi connectivity index (χ1v) is 11.6. The van der Waals surface area contributed by atoms with Gasteiger partial charge in [-0.25, -0.2) is 13.2 Å². The largest absolute Gasteiger partial charge is 0.496 e. The third-order valence-corrected chi connectivity index (χ3v) is 6.93. The highest BCUT2D eigenvalue weighted by molar-refractivity contribution is 7.89. The van der Waals surface area contributed by atoms with E-state index in [0.717, 1.165) is 19.3 Å². The van der Waals surface area contributed by atoms with Crippen molar-refractivity contribution < 1.29 is 27.5 Å². The van der Waals surface area contributed by atoms with Crippen LogP contribution in [0.5, 0.6) is 5.75 Å². The zero-order valence-electron chi connectivity index (χ0n) is 17.6. The molecule has 166 valence electrons. The van der Waals surface area contributed by atoms with Crippen LogP contribution in [0.1, 0.15) is 46.9 Å². The van der Waals surface area contributed by atoms with E-state index in [0.29, 0.717) is 13.1 Å². The second-order valence-electron chi connectivity index (χ2n) is 7.05. The monoisotopic (exact) mass is 446 g/mol. The van der Waals surface area contributed by atoms with Gasteiger partial charge in [-0.05, 0) is 50.1 Å². The van der Waals surface area contributed by atoms with E-state index in [1.54, 1.807) is 31.2 Å². The summed E-state index contributed by atoms with van der Waals surface area (Å²) >= 11 is 0. The lowest BCUT2D eigenvalue weighted by molar-refractivity contribution is 0.0527. The third-order valence-electron chi connectivity index (χ3n) is 5.04. The number of methoxy groups -OCH3 is 1. The number of carbonyl (C=O) groups is 2. The molecule has 1 aliphatic heterocycles. The Kier molecular flexibility index (Phi) is 7.29. The minimum absolute atomic E-state index is 0.0269. The van der Waals surface area contributed by atoms with Gasteiger partial charge in [0, 0.05) is 13.1 Å². The number of rotatable bonds is 7. The van der Waals surface area contributed by atoms with Crippen molar-refractivity contribution in [3.05, 3.63) is 53.6 Å². The number of nitrogens with zero attached hydrogens (tertiary/aromatic N) is 1. The van der Waals surface area contributed by atoms with Crippen molar-refractivity contribution in [1.29, 1.82) is 0 Å². The van der Waals surface area contributed by atoms with Crippen molar-refractivity contribution >= 4 is 27.6 Å². The molecule has 0 aliphatic carbocycles. The molecule has 0 saturated carbocycles. The van der Waals surface area contributed by atoms with E-state index < -0.39 is 21.9 Å². The first kappa shape index (κ1) is 22.8. The Morgan fingerprint density at radius 1 is 1.03 bits per heavy atom. The van der Waals surface area contributed by atoms with Gasteiger partial charge in [0.05, 0.1) is 35.4 Å². The molecular formula is C22H26N2O6S. The van der Waals surface area contributed by atoms with E-state index in [2.05, 4.69) is 5.32 Å². The van der Waals surface area contributed by atoms with Crippen molar-refractivity contribution in [2.24, 2.45) is 0 Å². The quantitative estimate of drug-likeness (QED) is 0.655. The molecule has 0 atom stereocenters. The number of anilines is 1. The van der Waals surface area contributed by atoms with Crippen LogP contribution in [-0.4, -0.2) is 51.4 Å². The highest BCUT2D eigenvalue weighted by Gasteiger charge is 2.28. The van der Waals surface area contributed by atoms with Crippen LogP contribution >= 0.6 is 0 Å². The second-order valence-corrected chi connectivity index (χ2v) is 8.98. The molecule has 0 bridgehead atoms. The van der Waals surface area contributed by atoms with E-state index in [9.17, 15) is 18.0 Å². The van der Waals surface area contributed by atoms with Crippen molar-refractivity contribution in [3.63, 3.8) is 0 Å². The Balaban J connectivity index is 1.93. The number of para-hydroxylation sites is 1. The SMILES string of the molecule is CCOC(=O)c1ccccc1NC(=O)c1cc(S(=O)(=O)N2CCCCC2)ccc1OC. The number of sulfonamides is 1. The van der Waals surface area contributed by atoms with Crippen LogP contribution in [0, 0.1) is 0 Å². The van der Waals surface area contributed by atoms with Gasteiger partial charge in [-0.1, -0.05) is 18.6 Å². The molecule has 8 nitrogen and oxygen atoms in total. The predicted octanol–water partition coefficient (Wildman–Crippen LogP) is 3.30. The molecule has 0 unspecified atom stereocenters. The summed E-state index contributed by atoms with van der Waals surface area (Å²) in [7, 11) is -2.32. The molecule has 0 spiro atoms. The van der Waals surface area contributed by atoms with Crippen LogP contribution in [0.2, 0.25) is 0 Å². The van der Waals surface area contributed by atoms with Gasteiger partial charge in [-0.2, -0.15) is 4.31 Å². The Labute approximate surface area is 182 Å². The maximum Gasteiger partial charge on any atom is 0.340 e. The maximum absolute atomic E-state index is 13.0. The minimum Gasteiger partial charge on any atom is -0.496 e. The normalized spacial score (nSPS) is 14.6. The highest BCUT2D eigenvalue weighted by atomic mass is 32.2. The molecule has 1 saturated heterocycles. The molecule has 3 rings (SSSR count). The molecule has 1 amide bonds. The average Bonchev–Trinajstić information content (AvgIpc) is 2.79. The molecule has 1 aliphatic rings. The van der Waals surface area contributed by atoms with Crippen molar-refractivity contribution in [2.45, 2.75) is 31.1 Å². The van der Waals surface area contributed by atoms with Crippen LogP contribution in [0.25, 0.3) is 0 Å². The van der Waals surface area contributed by atoms with Crippen LogP contribution in [0.4, 0.5) is 5.69 Å². The van der Waals surface area contributed by atoms with Gasteiger partial charge < -0.3 is 14.8 Å². The van der Waals surface area contributed by atoms with Gasteiger partial charge >= 0.3 is 5.97 Å². The molecule has 9 heteroatoms. The van der Waals surface area contributed by atoms with Crippen LogP contribution in [-0.2, 0) is 14.8 Å². The van der Waals surface area contributed by atoms with E-state index in [-0.39, 0.29) is 34.1 Å². The fourth-order valence-electron chi connectivity index (χ4n) is 3.45. The van der Waals surface area contributed by atoms with Gasteiger partial charge in [0.2, 0.25) is 10.0 Å². The van der Waals surface area contributed by atoms with E-state index in [1.807, 2.05) is 0 Å². The molecule has 1 N–H and O–H groups in total. The molecule has 1 heterocycles. The number of hydrogen-bond donors (Lipinski definition) is 1. The fourth-order valence-corrected chi connectivity index (χ4v) is 4.99. The number of carbonyl (C=O) groups excluding carboxylic acids is 2. The number of piperidine rings is 1. The summed E-state index contributed by atoms with van der Waals surface area (Å²) in [6.07, 6.45) is 2.63. The Hall–Kier alpha value is -2.91. The van der Waals surface area contributed by atoms with Crippen LogP contribution in [0.15, 0.2) is 47.4 Å². The predicted molar refractivity (Wildman–Crippen MR) is 116 cm³/mol. The standard InChI is InChI=1S/C22H26N2O6S/c1-3-30-22(26)17-9-5-6-10-19(17)23-21(25)18-15-16(11-12-20(18)29-2)31(27,28)24-13-7-4-8-14-24/h5-6,9-12,15H,3-4,7-8,13-14H2,1-2H3,(H,23,25). The smallest absolute Gasteiger partial charge is 0.340 e. The van der Waals surface area contributed by atoms with E-state index in [4.69, 9.17) is 9.47 Å². The summed E-state index contributed by atoms with van der Waals surface area (Å²) in [4.78, 5) is 25.2. The molecule has 1 fully saturated rings.